The Balaban J connectivity index is 2.23. The number of hydrogen-bond acceptors (Lipinski definition) is 7. The molecule has 0 aromatic carbocycles. The van der Waals surface area contributed by atoms with Crippen LogP contribution in [-0.2, 0) is 9.53 Å². The van der Waals surface area contributed by atoms with Crippen molar-refractivity contribution in [1.29, 1.82) is 10.5 Å². The van der Waals surface area contributed by atoms with Crippen LogP contribution < -0.4 is 0 Å². The predicted octanol–water partition coefficient (Wildman–Crippen LogP) is 3.60. The summed E-state index contributed by atoms with van der Waals surface area (Å²) in [5, 5.41) is 19.1. The average Bonchev–Trinajstić information content (AvgIpc) is 2.73. The number of carbonyl (C=O) groups is 2. The van der Waals surface area contributed by atoms with Gasteiger partial charge in [0, 0.05) is 7.05 Å². The molecule has 0 aliphatic heterocycles. The normalized spacial score (nSPS) is 16.2. The summed E-state index contributed by atoms with van der Waals surface area (Å²) in [5.74, 6) is -0.695. The first-order valence-corrected chi connectivity index (χ1v) is 10.6. The van der Waals surface area contributed by atoms with Gasteiger partial charge in [0.15, 0.2) is 0 Å². The number of amides is 1. The van der Waals surface area contributed by atoms with Gasteiger partial charge in [-0.1, -0.05) is 31.0 Å². The van der Waals surface area contributed by atoms with Crippen LogP contribution in [0.1, 0.15) is 67.6 Å². The van der Waals surface area contributed by atoms with E-state index in [4.69, 9.17) is 4.74 Å². The van der Waals surface area contributed by atoms with Crippen molar-refractivity contribution in [3.63, 3.8) is 0 Å². The van der Waals surface area contributed by atoms with Gasteiger partial charge in [0.2, 0.25) is 5.91 Å². The highest BCUT2D eigenvalue weighted by Crippen LogP contribution is 2.35. The summed E-state index contributed by atoms with van der Waals surface area (Å²) in [6, 6.07) is 5.86. The van der Waals surface area contributed by atoms with Crippen LogP contribution in [0.15, 0.2) is 11.1 Å². The first kappa shape index (κ1) is 22.7. The Kier molecular flexibility index (Phi) is 7.64. The standard InChI is InChI=1S/C21H26N4O3S/c1-5-28-20(27)17-11-16(12-22)18(24-14(17)2)29-15(3)19(26)25(4)21(13-23)9-7-6-8-10-21/h11,15H,5-10H2,1-4H3/t15-/m1/s1. The Morgan fingerprint density at radius 1 is 1.34 bits per heavy atom. The van der Waals surface area contributed by atoms with Gasteiger partial charge in [-0.15, -0.1) is 0 Å². The van der Waals surface area contributed by atoms with Crippen LogP contribution in [0, 0.1) is 29.6 Å². The van der Waals surface area contributed by atoms with Gasteiger partial charge in [-0.25, -0.2) is 9.78 Å². The van der Waals surface area contributed by atoms with Crippen molar-refractivity contribution < 1.29 is 14.3 Å². The Hall–Kier alpha value is -2.58. The minimum atomic E-state index is -0.765. The zero-order valence-corrected chi connectivity index (χ0v) is 18.1. The van der Waals surface area contributed by atoms with Crippen LogP contribution in [0.25, 0.3) is 0 Å². The molecule has 1 aromatic heterocycles. The van der Waals surface area contributed by atoms with Crippen molar-refractivity contribution in [3.8, 4) is 12.1 Å². The summed E-state index contributed by atoms with van der Waals surface area (Å²) in [4.78, 5) is 31.0. The number of pyridine rings is 1. The van der Waals surface area contributed by atoms with Gasteiger partial charge >= 0.3 is 5.97 Å². The number of aromatic nitrogens is 1. The van der Waals surface area contributed by atoms with E-state index in [1.54, 1.807) is 32.7 Å². The fourth-order valence-electron chi connectivity index (χ4n) is 3.53. The Bertz CT molecular complexity index is 866. The Morgan fingerprint density at radius 2 is 2.00 bits per heavy atom. The van der Waals surface area contributed by atoms with Gasteiger partial charge in [0.05, 0.1) is 34.7 Å². The second-order valence-corrected chi connectivity index (χ2v) is 8.50. The van der Waals surface area contributed by atoms with Gasteiger partial charge < -0.3 is 9.64 Å². The van der Waals surface area contributed by atoms with E-state index in [2.05, 4.69) is 11.1 Å². The van der Waals surface area contributed by atoms with Crippen LogP contribution in [0.3, 0.4) is 0 Å². The summed E-state index contributed by atoms with van der Waals surface area (Å²) in [6.45, 7) is 5.35. The third-order valence-electron chi connectivity index (χ3n) is 5.29. The number of nitrogens with zero attached hydrogens (tertiary/aromatic N) is 4. The lowest BCUT2D eigenvalue weighted by Gasteiger charge is -2.40. The van der Waals surface area contributed by atoms with E-state index in [0.717, 1.165) is 19.3 Å². The molecule has 0 radical (unpaired) electrons. The van der Waals surface area contributed by atoms with Gasteiger partial charge in [-0.05, 0) is 39.7 Å². The van der Waals surface area contributed by atoms with E-state index < -0.39 is 16.8 Å². The molecule has 1 aliphatic carbocycles. The molecule has 1 aromatic rings. The van der Waals surface area contributed by atoms with Crippen molar-refractivity contribution in [1.82, 2.24) is 9.88 Å². The fourth-order valence-corrected chi connectivity index (χ4v) is 4.54. The highest BCUT2D eigenvalue weighted by atomic mass is 32.2. The number of aryl methyl sites for hydroxylation is 1. The molecule has 7 nitrogen and oxygen atoms in total. The molecule has 2 rings (SSSR count). The second kappa shape index (κ2) is 9.76. The van der Waals surface area contributed by atoms with Crippen molar-refractivity contribution in [3.05, 3.63) is 22.9 Å². The van der Waals surface area contributed by atoms with Crippen molar-refractivity contribution in [2.24, 2.45) is 0 Å². The van der Waals surface area contributed by atoms with Gasteiger partial charge in [0.1, 0.15) is 16.6 Å². The molecule has 0 saturated heterocycles. The molecule has 29 heavy (non-hydrogen) atoms. The third kappa shape index (κ3) is 4.89. The van der Waals surface area contributed by atoms with Crippen molar-refractivity contribution in [2.45, 2.75) is 68.7 Å². The SMILES string of the molecule is CCOC(=O)c1cc(C#N)c(S[C@H](C)C(=O)N(C)C2(C#N)CCCCC2)nc1C. The molecule has 0 N–H and O–H groups in total. The lowest BCUT2D eigenvalue weighted by molar-refractivity contribution is -0.133. The molecule has 8 heteroatoms. The number of carbonyl (C=O) groups excluding carboxylic acids is 2. The van der Waals surface area contributed by atoms with E-state index in [0.29, 0.717) is 23.6 Å². The molecule has 1 atom stereocenters. The molecule has 0 spiro atoms. The zero-order valence-electron chi connectivity index (χ0n) is 17.3. The number of ether oxygens (including phenoxy) is 1. The molecular formula is C21H26N4O3S. The van der Waals surface area contributed by atoms with Gasteiger partial charge in [0.25, 0.3) is 0 Å². The highest BCUT2D eigenvalue weighted by Gasteiger charge is 2.40. The third-order valence-corrected chi connectivity index (χ3v) is 6.38. The fraction of sp³-hybridized carbons (Fsp3) is 0.571. The molecule has 1 aliphatic rings. The number of esters is 1. The molecule has 1 saturated carbocycles. The quantitative estimate of drug-likeness (QED) is 0.517. The molecule has 1 heterocycles. The number of thioether (sulfide) groups is 1. The molecule has 154 valence electrons. The summed E-state index contributed by atoms with van der Waals surface area (Å²) in [6.07, 6.45) is 4.30. The second-order valence-electron chi connectivity index (χ2n) is 7.17. The van der Waals surface area contributed by atoms with Gasteiger partial charge in [-0.2, -0.15) is 10.5 Å². The lowest BCUT2D eigenvalue weighted by atomic mass is 9.81. The largest absolute Gasteiger partial charge is 0.462 e. The molecule has 0 bridgehead atoms. The molecule has 0 unspecified atom stereocenters. The number of nitriles is 2. The summed E-state index contributed by atoms with van der Waals surface area (Å²) in [5.41, 5.74) is 0.145. The van der Waals surface area contributed by atoms with Crippen molar-refractivity contribution in [2.75, 3.05) is 13.7 Å². The first-order chi connectivity index (χ1) is 13.8. The van der Waals surface area contributed by atoms with Crippen LogP contribution in [-0.4, -0.2) is 46.2 Å². The Morgan fingerprint density at radius 3 is 2.55 bits per heavy atom. The monoisotopic (exact) mass is 414 g/mol. The molecular weight excluding hydrogens is 388 g/mol. The summed E-state index contributed by atoms with van der Waals surface area (Å²) in [7, 11) is 1.68. The minimum absolute atomic E-state index is 0.170. The van der Waals surface area contributed by atoms with E-state index in [-0.39, 0.29) is 23.6 Å². The van der Waals surface area contributed by atoms with E-state index in [9.17, 15) is 20.1 Å². The average molecular weight is 415 g/mol. The summed E-state index contributed by atoms with van der Waals surface area (Å²) < 4.78 is 5.00. The van der Waals surface area contributed by atoms with E-state index in [1.165, 1.54) is 17.8 Å². The number of rotatable bonds is 6. The van der Waals surface area contributed by atoms with Crippen LogP contribution >= 0.6 is 11.8 Å². The lowest BCUT2D eigenvalue weighted by Crippen LogP contribution is -2.52. The maximum absolute atomic E-state index is 13.0. The topological polar surface area (TPSA) is 107 Å². The number of hydrogen-bond donors (Lipinski definition) is 0. The summed E-state index contributed by atoms with van der Waals surface area (Å²) >= 11 is 1.17. The van der Waals surface area contributed by atoms with E-state index >= 15 is 0 Å². The molecule has 1 fully saturated rings. The maximum Gasteiger partial charge on any atom is 0.340 e. The van der Waals surface area contributed by atoms with Crippen LogP contribution in [0.5, 0.6) is 0 Å². The Labute approximate surface area is 176 Å². The van der Waals surface area contributed by atoms with Gasteiger partial charge in [-0.3, -0.25) is 4.79 Å². The van der Waals surface area contributed by atoms with Crippen molar-refractivity contribution >= 4 is 23.6 Å². The van der Waals surface area contributed by atoms with Crippen LogP contribution in [0.2, 0.25) is 0 Å². The smallest absolute Gasteiger partial charge is 0.340 e. The molecule has 1 amide bonds. The first-order valence-electron chi connectivity index (χ1n) is 9.74. The minimum Gasteiger partial charge on any atom is -0.462 e. The maximum atomic E-state index is 13.0. The highest BCUT2D eigenvalue weighted by molar-refractivity contribution is 8.00. The van der Waals surface area contributed by atoms with E-state index in [1.807, 2.05) is 6.07 Å². The zero-order chi connectivity index (χ0) is 21.6. The predicted molar refractivity (Wildman–Crippen MR) is 109 cm³/mol. The van der Waals surface area contributed by atoms with Crippen LogP contribution in [0.4, 0.5) is 0 Å².